The number of thioether (sulfide) groups is 1. The van der Waals surface area contributed by atoms with Crippen molar-refractivity contribution in [2.75, 3.05) is 12.4 Å². The van der Waals surface area contributed by atoms with Gasteiger partial charge in [-0.05, 0) is 29.8 Å². The first-order chi connectivity index (χ1) is 11.3. The quantitative estimate of drug-likeness (QED) is 0.706. The maximum absolute atomic E-state index is 13.1. The molecule has 0 fully saturated rings. The van der Waals surface area contributed by atoms with Crippen molar-refractivity contribution in [2.45, 2.75) is 11.7 Å². The Morgan fingerprint density at radius 3 is 2.43 bits per heavy atom. The van der Waals surface area contributed by atoms with Gasteiger partial charge in [0.2, 0.25) is 0 Å². The van der Waals surface area contributed by atoms with Crippen molar-refractivity contribution >= 4 is 11.8 Å². The number of aromatic nitrogens is 3. The first kappa shape index (κ1) is 15.7. The number of aliphatic hydroxyl groups is 1. The van der Waals surface area contributed by atoms with E-state index in [1.54, 1.807) is 12.1 Å². The molecule has 23 heavy (non-hydrogen) atoms. The monoisotopic (exact) mass is 329 g/mol. The van der Waals surface area contributed by atoms with Gasteiger partial charge in [0.15, 0.2) is 11.0 Å². The molecule has 6 heteroatoms. The standard InChI is InChI=1S/C17H16FN3OS/c18-15-8-6-14(7-9-15)16-19-20-17(23-11-10-22)21(16)12-13-4-2-1-3-5-13/h1-9,22H,10-12H2. The topological polar surface area (TPSA) is 50.9 Å². The SMILES string of the molecule is OCCSc1nnc(-c2ccc(F)cc2)n1Cc1ccccc1. The molecule has 0 spiro atoms. The van der Waals surface area contributed by atoms with Crippen molar-refractivity contribution in [3.63, 3.8) is 0 Å². The molecule has 0 saturated heterocycles. The zero-order valence-corrected chi connectivity index (χ0v) is 13.2. The third-order valence-electron chi connectivity index (χ3n) is 3.33. The zero-order valence-electron chi connectivity index (χ0n) is 12.4. The first-order valence-electron chi connectivity index (χ1n) is 7.24. The Morgan fingerprint density at radius 1 is 1.00 bits per heavy atom. The highest BCUT2D eigenvalue weighted by molar-refractivity contribution is 7.99. The van der Waals surface area contributed by atoms with Crippen LogP contribution in [-0.2, 0) is 6.54 Å². The van der Waals surface area contributed by atoms with E-state index in [2.05, 4.69) is 10.2 Å². The van der Waals surface area contributed by atoms with Crippen molar-refractivity contribution < 1.29 is 9.50 Å². The van der Waals surface area contributed by atoms with Crippen LogP contribution in [0.3, 0.4) is 0 Å². The maximum atomic E-state index is 13.1. The minimum atomic E-state index is -0.280. The summed E-state index contributed by atoms with van der Waals surface area (Å²) in [6.07, 6.45) is 0. The van der Waals surface area contributed by atoms with Crippen molar-refractivity contribution in [3.8, 4) is 11.4 Å². The fourth-order valence-electron chi connectivity index (χ4n) is 2.25. The Labute approximate surface area is 138 Å². The molecule has 3 rings (SSSR count). The van der Waals surface area contributed by atoms with Gasteiger partial charge in [0, 0.05) is 11.3 Å². The number of nitrogens with zero attached hydrogens (tertiary/aromatic N) is 3. The van der Waals surface area contributed by atoms with Crippen LogP contribution < -0.4 is 0 Å². The highest BCUT2D eigenvalue weighted by atomic mass is 32.2. The Morgan fingerprint density at radius 2 is 1.74 bits per heavy atom. The molecule has 0 radical (unpaired) electrons. The second kappa shape index (κ2) is 7.39. The number of aliphatic hydroxyl groups excluding tert-OH is 1. The summed E-state index contributed by atoms with van der Waals surface area (Å²) in [7, 11) is 0. The number of hydrogen-bond acceptors (Lipinski definition) is 4. The number of halogens is 1. The van der Waals surface area contributed by atoms with Gasteiger partial charge in [-0.2, -0.15) is 0 Å². The number of hydrogen-bond donors (Lipinski definition) is 1. The van der Waals surface area contributed by atoms with E-state index < -0.39 is 0 Å². The second-order valence-corrected chi connectivity index (χ2v) is 6.02. The summed E-state index contributed by atoms with van der Waals surface area (Å²) in [4.78, 5) is 0. The number of rotatable bonds is 6. The average Bonchev–Trinajstić information content (AvgIpc) is 2.97. The Kier molecular flexibility index (Phi) is 5.05. The van der Waals surface area contributed by atoms with Gasteiger partial charge in [-0.25, -0.2) is 4.39 Å². The highest BCUT2D eigenvalue weighted by Gasteiger charge is 2.14. The molecule has 3 aromatic rings. The molecule has 0 atom stereocenters. The lowest BCUT2D eigenvalue weighted by Gasteiger charge is -2.10. The lowest BCUT2D eigenvalue weighted by Crippen LogP contribution is -2.04. The largest absolute Gasteiger partial charge is 0.396 e. The number of benzene rings is 2. The zero-order chi connectivity index (χ0) is 16.1. The third kappa shape index (κ3) is 3.78. The smallest absolute Gasteiger partial charge is 0.191 e. The van der Waals surface area contributed by atoms with Gasteiger partial charge in [0.05, 0.1) is 13.2 Å². The van der Waals surface area contributed by atoms with Crippen molar-refractivity contribution in [3.05, 3.63) is 66.0 Å². The average molecular weight is 329 g/mol. The van der Waals surface area contributed by atoms with Crippen LogP contribution in [0.4, 0.5) is 4.39 Å². The summed E-state index contributed by atoms with van der Waals surface area (Å²) in [6.45, 7) is 0.697. The summed E-state index contributed by atoms with van der Waals surface area (Å²) in [5.41, 5.74) is 1.94. The second-order valence-electron chi connectivity index (χ2n) is 4.96. The molecule has 0 saturated carbocycles. The summed E-state index contributed by atoms with van der Waals surface area (Å²) in [6, 6.07) is 16.2. The van der Waals surface area contributed by atoms with Crippen LogP contribution in [-0.4, -0.2) is 32.2 Å². The lowest BCUT2D eigenvalue weighted by molar-refractivity contribution is 0.322. The fraction of sp³-hybridized carbons (Fsp3) is 0.176. The molecule has 0 aliphatic carbocycles. The molecule has 0 unspecified atom stereocenters. The van der Waals surface area contributed by atoms with Crippen molar-refractivity contribution in [1.29, 1.82) is 0 Å². The van der Waals surface area contributed by atoms with Gasteiger partial charge in [-0.3, -0.25) is 4.57 Å². The van der Waals surface area contributed by atoms with Crippen molar-refractivity contribution in [1.82, 2.24) is 14.8 Å². The van der Waals surface area contributed by atoms with E-state index in [4.69, 9.17) is 5.11 Å². The molecular formula is C17H16FN3OS. The molecule has 118 valence electrons. The normalized spacial score (nSPS) is 10.9. The van der Waals surface area contributed by atoms with E-state index in [1.807, 2.05) is 34.9 Å². The predicted molar refractivity (Wildman–Crippen MR) is 88.8 cm³/mol. The van der Waals surface area contributed by atoms with E-state index in [-0.39, 0.29) is 12.4 Å². The molecular weight excluding hydrogens is 313 g/mol. The van der Waals surface area contributed by atoms with Crippen LogP contribution in [0.15, 0.2) is 59.8 Å². The molecule has 1 aromatic heterocycles. The maximum Gasteiger partial charge on any atom is 0.191 e. The van der Waals surface area contributed by atoms with Gasteiger partial charge >= 0.3 is 0 Å². The van der Waals surface area contributed by atoms with E-state index >= 15 is 0 Å². The Bertz CT molecular complexity index is 759. The van der Waals surface area contributed by atoms with Crippen LogP contribution >= 0.6 is 11.8 Å². The van der Waals surface area contributed by atoms with E-state index in [0.717, 1.165) is 16.3 Å². The minimum absolute atomic E-state index is 0.0781. The first-order valence-corrected chi connectivity index (χ1v) is 8.23. The molecule has 1 N–H and O–H groups in total. The summed E-state index contributed by atoms with van der Waals surface area (Å²) in [5.74, 6) is 0.961. The van der Waals surface area contributed by atoms with Crippen molar-refractivity contribution in [2.24, 2.45) is 0 Å². The van der Waals surface area contributed by atoms with Gasteiger partial charge in [-0.1, -0.05) is 42.1 Å². The van der Waals surface area contributed by atoms with Gasteiger partial charge in [-0.15, -0.1) is 10.2 Å². The molecule has 2 aromatic carbocycles. The summed E-state index contributed by atoms with van der Waals surface area (Å²) in [5, 5.41) is 18.3. The van der Waals surface area contributed by atoms with Gasteiger partial charge in [0.25, 0.3) is 0 Å². The van der Waals surface area contributed by atoms with Gasteiger partial charge in [0.1, 0.15) is 5.82 Å². The van der Waals surface area contributed by atoms with E-state index in [0.29, 0.717) is 18.1 Å². The van der Waals surface area contributed by atoms with Crippen LogP contribution in [0.25, 0.3) is 11.4 Å². The fourth-order valence-corrected chi connectivity index (χ4v) is 2.93. The molecule has 1 heterocycles. The highest BCUT2D eigenvalue weighted by Crippen LogP contribution is 2.25. The summed E-state index contributed by atoms with van der Waals surface area (Å²) >= 11 is 1.45. The summed E-state index contributed by atoms with van der Waals surface area (Å²) < 4.78 is 15.1. The molecule has 0 aliphatic rings. The van der Waals surface area contributed by atoms with Crippen LogP contribution in [0.5, 0.6) is 0 Å². The predicted octanol–water partition coefficient (Wildman–Crippen LogP) is 3.22. The lowest BCUT2D eigenvalue weighted by atomic mass is 10.2. The van der Waals surface area contributed by atoms with Crippen LogP contribution in [0.2, 0.25) is 0 Å². The third-order valence-corrected chi connectivity index (χ3v) is 4.27. The molecule has 0 bridgehead atoms. The van der Waals surface area contributed by atoms with Crippen LogP contribution in [0.1, 0.15) is 5.56 Å². The Balaban J connectivity index is 1.98. The Hall–Kier alpha value is -2.18. The van der Waals surface area contributed by atoms with Crippen LogP contribution in [0, 0.1) is 5.82 Å². The molecule has 4 nitrogen and oxygen atoms in total. The van der Waals surface area contributed by atoms with E-state index in [9.17, 15) is 4.39 Å². The molecule has 0 aliphatic heterocycles. The van der Waals surface area contributed by atoms with E-state index in [1.165, 1.54) is 23.9 Å². The molecule has 0 amide bonds. The van der Waals surface area contributed by atoms with Gasteiger partial charge < -0.3 is 5.11 Å². The minimum Gasteiger partial charge on any atom is -0.396 e.